The molecule has 5 nitrogen and oxygen atoms in total. The van der Waals surface area contributed by atoms with Gasteiger partial charge in [-0.25, -0.2) is 4.79 Å². The Hall–Kier alpha value is -2.30. The van der Waals surface area contributed by atoms with E-state index < -0.39 is 11.8 Å². The van der Waals surface area contributed by atoms with Crippen molar-refractivity contribution in [2.75, 3.05) is 13.7 Å². The molecule has 0 bridgehead atoms. The number of carbonyl (C=O) groups is 2. The van der Waals surface area contributed by atoms with Crippen molar-refractivity contribution >= 4 is 11.8 Å². The molecule has 1 aromatic rings. The summed E-state index contributed by atoms with van der Waals surface area (Å²) >= 11 is 0. The first-order chi connectivity index (χ1) is 13.9. The van der Waals surface area contributed by atoms with Gasteiger partial charge in [0.1, 0.15) is 17.1 Å². The normalized spacial score (nSPS) is 12.9. The van der Waals surface area contributed by atoms with E-state index in [0.29, 0.717) is 13.0 Å². The highest BCUT2D eigenvalue weighted by atomic mass is 16.5. The van der Waals surface area contributed by atoms with E-state index in [1.54, 1.807) is 0 Å². The van der Waals surface area contributed by atoms with Gasteiger partial charge >= 0.3 is 5.97 Å². The number of methoxy groups -OCH3 is 1. The number of aliphatic hydroxyl groups excluding tert-OH is 1. The zero-order valence-corrected chi connectivity index (χ0v) is 19.8. The molecule has 168 valence electrons. The van der Waals surface area contributed by atoms with Gasteiger partial charge < -0.3 is 14.6 Å². The summed E-state index contributed by atoms with van der Waals surface area (Å²) in [6.45, 7) is 14.9. The van der Waals surface area contributed by atoms with Crippen LogP contribution >= 0.6 is 0 Å². The standard InChI is InChI=1S/C25H38O5/c1-9-24(4,5)18-13-14-21(19(16-18)25(6,7)10-2)30-15-11-12-20(27)22(17(3)26)23(28)29-8/h13-14,16,27H,9-12,15H2,1-8H3/b22-20+. The van der Waals surface area contributed by atoms with Gasteiger partial charge in [-0.15, -0.1) is 0 Å². The second-order valence-electron chi connectivity index (χ2n) is 9.01. The van der Waals surface area contributed by atoms with Crippen molar-refractivity contribution in [2.45, 2.75) is 85.0 Å². The average molecular weight is 419 g/mol. The van der Waals surface area contributed by atoms with Crippen molar-refractivity contribution < 1.29 is 24.2 Å². The van der Waals surface area contributed by atoms with Crippen molar-refractivity contribution in [1.82, 2.24) is 0 Å². The number of ketones is 1. The average Bonchev–Trinajstić information content (AvgIpc) is 2.70. The second-order valence-corrected chi connectivity index (χ2v) is 9.01. The van der Waals surface area contributed by atoms with E-state index >= 15 is 0 Å². The minimum absolute atomic E-state index is 0.0378. The molecule has 0 spiro atoms. The number of allylic oxidation sites excluding steroid dienone is 1. The summed E-state index contributed by atoms with van der Waals surface area (Å²) in [5, 5.41) is 10.2. The molecule has 0 saturated carbocycles. The van der Waals surface area contributed by atoms with Gasteiger partial charge in [0.05, 0.1) is 13.7 Å². The second kappa shape index (κ2) is 10.6. The Bertz CT molecular complexity index is 787. The molecule has 0 aromatic heterocycles. The molecule has 1 aromatic carbocycles. The maximum Gasteiger partial charge on any atom is 0.344 e. The molecular weight excluding hydrogens is 380 g/mol. The van der Waals surface area contributed by atoms with Gasteiger partial charge in [-0.2, -0.15) is 0 Å². The van der Waals surface area contributed by atoms with Crippen LogP contribution in [0.3, 0.4) is 0 Å². The molecule has 0 saturated heterocycles. The third kappa shape index (κ3) is 6.35. The lowest BCUT2D eigenvalue weighted by molar-refractivity contribution is -0.137. The number of esters is 1. The summed E-state index contributed by atoms with van der Waals surface area (Å²) in [5.74, 6) is -0.753. The topological polar surface area (TPSA) is 72.8 Å². The Morgan fingerprint density at radius 3 is 2.13 bits per heavy atom. The molecule has 0 heterocycles. The Balaban J connectivity index is 3.01. The summed E-state index contributed by atoms with van der Waals surface area (Å²) < 4.78 is 10.6. The van der Waals surface area contributed by atoms with Crippen LogP contribution in [0.5, 0.6) is 5.75 Å². The molecule has 1 N–H and O–H groups in total. The summed E-state index contributed by atoms with van der Waals surface area (Å²) in [7, 11) is 1.18. The summed E-state index contributed by atoms with van der Waals surface area (Å²) in [5.41, 5.74) is 2.21. The number of ether oxygens (including phenoxy) is 2. The molecule has 0 atom stereocenters. The molecule has 30 heavy (non-hydrogen) atoms. The number of hydrogen-bond acceptors (Lipinski definition) is 5. The lowest BCUT2D eigenvalue weighted by atomic mass is 9.76. The summed E-state index contributed by atoms with van der Waals surface area (Å²) in [4.78, 5) is 23.3. The number of Topliss-reactive ketones (excluding diaryl/α,β-unsaturated/α-hetero) is 1. The van der Waals surface area contributed by atoms with E-state index in [4.69, 9.17) is 4.74 Å². The van der Waals surface area contributed by atoms with Gasteiger partial charge in [0.25, 0.3) is 0 Å². The highest BCUT2D eigenvalue weighted by Crippen LogP contribution is 2.38. The minimum atomic E-state index is -0.818. The largest absolute Gasteiger partial charge is 0.511 e. The number of benzene rings is 1. The highest BCUT2D eigenvalue weighted by Gasteiger charge is 2.26. The maximum absolute atomic E-state index is 11.7. The first-order valence-electron chi connectivity index (χ1n) is 10.7. The van der Waals surface area contributed by atoms with Crippen LogP contribution in [0, 0.1) is 0 Å². The molecule has 0 aliphatic carbocycles. The Morgan fingerprint density at radius 1 is 1.03 bits per heavy atom. The van der Waals surface area contributed by atoms with Crippen LogP contribution < -0.4 is 4.74 Å². The van der Waals surface area contributed by atoms with Gasteiger partial charge in [-0.05, 0) is 48.6 Å². The quantitative estimate of drug-likeness (QED) is 0.123. The molecule has 0 amide bonds. The van der Waals surface area contributed by atoms with Crippen LogP contribution in [-0.2, 0) is 25.2 Å². The van der Waals surface area contributed by atoms with Gasteiger partial charge in [0.2, 0.25) is 0 Å². The van der Waals surface area contributed by atoms with Gasteiger partial charge in [-0.3, -0.25) is 4.79 Å². The van der Waals surface area contributed by atoms with Crippen molar-refractivity contribution in [1.29, 1.82) is 0 Å². The molecular formula is C25H38O5. The molecule has 5 heteroatoms. The third-order valence-corrected chi connectivity index (χ3v) is 6.10. The van der Waals surface area contributed by atoms with Gasteiger partial charge in [-0.1, -0.05) is 53.7 Å². The summed E-state index contributed by atoms with van der Waals surface area (Å²) in [6, 6.07) is 6.41. The number of carbonyl (C=O) groups excluding carboxylic acids is 2. The first-order valence-corrected chi connectivity index (χ1v) is 10.7. The molecule has 0 aliphatic rings. The van der Waals surface area contributed by atoms with Crippen molar-refractivity contribution in [3.8, 4) is 5.75 Å². The van der Waals surface area contributed by atoms with Gasteiger partial charge in [0.15, 0.2) is 5.78 Å². The predicted octanol–water partition coefficient (Wildman–Crippen LogP) is 5.79. The first kappa shape index (κ1) is 25.7. The predicted molar refractivity (Wildman–Crippen MR) is 120 cm³/mol. The summed E-state index contributed by atoms with van der Waals surface area (Å²) in [6.07, 6.45) is 2.65. The lowest BCUT2D eigenvalue weighted by Gasteiger charge is -2.30. The molecule has 0 unspecified atom stereocenters. The van der Waals surface area contributed by atoms with E-state index in [1.807, 2.05) is 6.07 Å². The van der Waals surface area contributed by atoms with Crippen molar-refractivity contribution in [3.05, 3.63) is 40.7 Å². The SMILES string of the molecule is CCC(C)(C)c1ccc(OCCC/C(O)=C(/C(C)=O)C(=O)OC)c(C(C)(C)CC)c1. The van der Waals surface area contributed by atoms with Crippen LogP contribution in [0.15, 0.2) is 29.5 Å². The zero-order valence-electron chi connectivity index (χ0n) is 19.8. The van der Waals surface area contributed by atoms with Crippen LogP contribution in [-0.4, -0.2) is 30.6 Å². The van der Waals surface area contributed by atoms with E-state index in [2.05, 4.69) is 58.4 Å². The molecule has 0 aliphatic heterocycles. The van der Waals surface area contributed by atoms with Gasteiger partial charge in [0, 0.05) is 12.0 Å². The zero-order chi connectivity index (χ0) is 23.1. The number of hydrogen-bond donors (Lipinski definition) is 1. The Morgan fingerprint density at radius 2 is 1.63 bits per heavy atom. The molecule has 0 radical (unpaired) electrons. The molecule has 0 fully saturated rings. The van der Waals surface area contributed by atoms with Crippen LogP contribution in [0.4, 0.5) is 0 Å². The van der Waals surface area contributed by atoms with E-state index in [-0.39, 0.29) is 28.6 Å². The monoisotopic (exact) mass is 418 g/mol. The fourth-order valence-electron chi connectivity index (χ4n) is 3.11. The highest BCUT2D eigenvalue weighted by molar-refractivity contribution is 6.16. The smallest absolute Gasteiger partial charge is 0.344 e. The Labute approximate surface area is 181 Å². The molecule has 1 rings (SSSR count). The van der Waals surface area contributed by atoms with Crippen LogP contribution in [0.25, 0.3) is 0 Å². The van der Waals surface area contributed by atoms with Crippen molar-refractivity contribution in [3.63, 3.8) is 0 Å². The fourth-order valence-corrected chi connectivity index (χ4v) is 3.11. The third-order valence-electron chi connectivity index (χ3n) is 6.10. The fraction of sp³-hybridized carbons (Fsp3) is 0.600. The van der Waals surface area contributed by atoms with E-state index in [1.165, 1.54) is 25.2 Å². The number of rotatable bonds is 11. The van der Waals surface area contributed by atoms with Crippen LogP contribution in [0.1, 0.15) is 85.3 Å². The van der Waals surface area contributed by atoms with E-state index in [0.717, 1.165) is 18.6 Å². The maximum atomic E-state index is 11.7. The van der Waals surface area contributed by atoms with Crippen molar-refractivity contribution in [2.24, 2.45) is 0 Å². The number of aliphatic hydroxyl groups is 1. The lowest BCUT2D eigenvalue weighted by Crippen LogP contribution is -2.21. The van der Waals surface area contributed by atoms with E-state index in [9.17, 15) is 14.7 Å². The Kier molecular flexibility index (Phi) is 9.13. The minimum Gasteiger partial charge on any atom is -0.511 e. The van der Waals surface area contributed by atoms with Crippen LogP contribution in [0.2, 0.25) is 0 Å².